The fraction of sp³-hybridized carbons (Fsp3) is 0.487. The highest BCUT2D eigenvalue weighted by molar-refractivity contribution is 6.42. The quantitative estimate of drug-likeness (QED) is 0.141. The number of hydrogen-bond donors (Lipinski definition) is 0. The topological polar surface area (TPSA) is 72.3 Å². The number of carbonyl (C=O) groups excluding carboxylic acids is 1. The van der Waals surface area contributed by atoms with Gasteiger partial charge < -0.3 is 33.5 Å². The molecule has 2 fully saturated rings. The van der Waals surface area contributed by atoms with Crippen molar-refractivity contribution in [2.45, 2.75) is 51.5 Å². The monoisotopic (exact) mass is 721 g/mol. The molecule has 6 rings (SSSR count). The third-order valence-corrected chi connectivity index (χ3v) is 11.1. The van der Waals surface area contributed by atoms with Crippen molar-refractivity contribution in [1.82, 2.24) is 19.4 Å². The summed E-state index contributed by atoms with van der Waals surface area (Å²) in [5.41, 5.74) is 4.49. The van der Waals surface area contributed by atoms with Crippen molar-refractivity contribution in [3.05, 3.63) is 81.3 Å². The van der Waals surface area contributed by atoms with E-state index < -0.39 is 0 Å². The van der Waals surface area contributed by atoms with E-state index in [9.17, 15) is 4.79 Å². The predicted molar refractivity (Wildman–Crippen MR) is 202 cm³/mol. The number of likely N-dealkylation sites (tertiary alicyclic amines) is 1. The fourth-order valence-electron chi connectivity index (χ4n) is 7.77. The summed E-state index contributed by atoms with van der Waals surface area (Å²) in [6.45, 7) is 12.1. The minimum atomic E-state index is -0.271. The SMILES string of the molecule is CCOCCn1c(N2CCCN(CCC3(c4ccc(Cl)c(Cl)c4)CCCN(C(=O)c4cc(C)c(OC)c(OC)c4)C3)CC2)nc2ccccc21. The number of piperidine rings is 1. The Morgan fingerprint density at radius 2 is 1.76 bits per heavy atom. The number of halogens is 2. The summed E-state index contributed by atoms with van der Waals surface area (Å²) < 4.78 is 19.2. The van der Waals surface area contributed by atoms with E-state index in [4.69, 9.17) is 42.4 Å². The molecule has 0 radical (unpaired) electrons. The van der Waals surface area contributed by atoms with Crippen molar-refractivity contribution in [1.29, 1.82) is 0 Å². The van der Waals surface area contributed by atoms with E-state index in [0.29, 0.717) is 53.4 Å². The van der Waals surface area contributed by atoms with Crippen molar-refractivity contribution >= 4 is 46.1 Å². The first-order valence-corrected chi connectivity index (χ1v) is 18.5. The molecule has 2 aliphatic rings. The molecule has 50 heavy (non-hydrogen) atoms. The van der Waals surface area contributed by atoms with Gasteiger partial charge in [0.25, 0.3) is 5.91 Å². The standard InChI is InChI=1S/C39H49Cl2N5O4/c1-5-50-23-22-46-34-11-7-6-10-33(34)42-38(46)44-18-9-16-43(20-21-44)19-15-39(30-12-13-31(40)32(41)26-30)14-8-17-45(27-39)37(47)29-24-28(2)36(49-4)35(25-29)48-3/h6-7,10-13,24-26H,5,8-9,14-23,27H2,1-4H3. The number of nitrogens with zero attached hydrogens (tertiary/aromatic N) is 5. The van der Waals surface area contributed by atoms with Crippen LogP contribution >= 0.6 is 23.2 Å². The molecular formula is C39H49Cl2N5O4. The van der Waals surface area contributed by atoms with Gasteiger partial charge in [0.05, 0.1) is 41.9 Å². The van der Waals surface area contributed by atoms with Gasteiger partial charge in [-0.15, -0.1) is 0 Å². The predicted octanol–water partition coefficient (Wildman–Crippen LogP) is 7.48. The molecule has 3 aromatic carbocycles. The average Bonchev–Trinajstić information content (AvgIpc) is 3.32. The Bertz CT molecular complexity index is 1800. The molecule has 11 heteroatoms. The second-order valence-electron chi connectivity index (χ2n) is 13.4. The van der Waals surface area contributed by atoms with E-state index >= 15 is 0 Å². The molecule has 0 aliphatic carbocycles. The average molecular weight is 723 g/mol. The molecular weight excluding hydrogens is 673 g/mol. The molecule has 0 N–H and O–H groups in total. The lowest BCUT2D eigenvalue weighted by Crippen LogP contribution is -2.50. The van der Waals surface area contributed by atoms with E-state index in [1.165, 1.54) is 0 Å². The largest absolute Gasteiger partial charge is 0.493 e. The number of imidazole rings is 1. The number of para-hydroxylation sites is 2. The summed E-state index contributed by atoms with van der Waals surface area (Å²) in [6, 6.07) is 18.0. The van der Waals surface area contributed by atoms with Crippen molar-refractivity contribution < 1.29 is 19.0 Å². The van der Waals surface area contributed by atoms with Gasteiger partial charge in [0, 0.05) is 56.9 Å². The summed E-state index contributed by atoms with van der Waals surface area (Å²) in [5.74, 6) is 2.22. The molecule has 0 bridgehead atoms. The van der Waals surface area contributed by atoms with Crippen molar-refractivity contribution in [2.75, 3.05) is 78.1 Å². The van der Waals surface area contributed by atoms with E-state index in [1.54, 1.807) is 20.3 Å². The normalized spacial score (nSPS) is 18.8. The third-order valence-electron chi connectivity index (χ3n) is 10.4. The van der Waals surface area contributed by atoms with Gasteiger partial charge in [-0.1, -0.05) is 41.4 Å². The lowest BCUT2D eigenvalue weighted by Gasteiger charge is -2.44. The van der Waals surface area contributed by atoms with Crippen LogP contribution in [0.5, 0.6) is 11.5 Å². The maximum atomic E-state index is 14.1. The van der Waals surface area contributed by atoms with Gasteiger partial charge in [-0.05, 0) is 100 Å². The molecule has 4 aromatic rings. The zero-order valence-corrected chi connectivity index (χ0v) is 31.2. The number of rotatable bonds is 12. The third kappa shape index (κ3) is 7.71. The first-order chi connectivity index (χ1) is 24.3. The molecule has 1 amide bonds. The Labute approximate surface area is 306 Å². The molecule has 0 spiro atoms. The van der Waals surface area contributed by atoms with Crippen LogP contribution in [0.4, 0.5) is 5.95 Å². The van der Waals surface area contributed by atoms with Crippen LogP contribution in [0, 0.1) is 6.92 Å². The van der Waals surface area contributed by atoms with Gasteiger partial charge in [-0.2, -0.15) is 0 Å². The van der Waals surface area contributed by atoms with E-state index in [2.05, 4.69) is 44.7 Å². The van der Waals surface area contributed by atoms with E-state index in [0.717, 1.165) is 93.1 Å². The van der Waals surface area contributed by atoms with Crippen LogP contribution in [0.2, 0.25) is 10.0 Å². The number of hydrogen-bond acceptors (Lipinski definition) is 7. The minimum absolute atomic E-state index is 0.00386. The van der Waals surface area contributed by atoms with Crippen molar-refractivity contribution in [3.63, 3.8) is 0 Å². The van der Waals surface area contributed by atoms with Crippen LogP contribution in [0.25, 0.3) is 11.0 Å². The molecule has 1 aromatic heterocycles. The summed E-state index contributed by atoms with van der Waals surface area (Å²) in [4.78, 5) is 26.2. The van der Waals surface area contributed by atoms with Gasteiger partial charge in [-0.3, -0.25) is 4.79 Å². The van der Waals surface area contributed by atoms with E-state index in [-0.39, 0.29) is 11.3 Å². The number of aryl methyl sites for hydroxylation is 1. The van der Waals surface area contributed by atoms with Crippen LogP contribution < -0.4 is 14.4 Å². The fourth-order valence-corrected chi connectivity index (χ4v) is 8.07. The number of carbonyl (C=O) groups is 1. The van der Waals surface area contributed by atoms with Crippen LogP contribution in [0.3, 0.4) is 0 Å². The highest BCUT2D eigenvalue weighted by Gasteiger charge is 2.40. The number of amides is 1. The summed E-state index contributed by atoms with van der Waals surface area (Å²) >= 11 is 13.0. The molecule has 2 saturated heterocycles. The van der Waals surface area contributed by atoms with Gasteiger partial charge in [0.1, 0.15) is 0 Å². The second-order valence-corrected chi connectivity index (χ2v) is 14.3. The number of fused-ring (bicyclic) bond motifs is 1. The van der Waals surface area contributed by atoms with Crippen molar-refractivity contribution in [2.24, 2.45) is 0 Å². The lowest BCUT2D eigenvalue weighted by atomic mass is 9.71. The zero-order valence-electron chi connectivity index (χ0n) is 29.7. The van der Waals surface area contributed by atoms with Gasteiger partial charge >= 0.3 is 0 Å². The molecule has 1 atom stereocenters. The van der Waals surface area contributed by atoms with Gasteiger partial charge in [0.15, 0.2) is 11.5 Å². The number of methoxy groups -OCH3 is 2. The Morgan fingerprint density at radius 1 is 0.920 bits per heavy atom. The molecule has 3 heterocycles. The van der Waals surface area contributed by atoms with Crippen molar-refractivity contribution in [3.8, 4) is 11.5 Å². The molecule has 0 saturated carbocycles. The lowest BCUT2D eigenvalue weighted by molar-refractivity contribution is 0.0612. The highest BCUT2D eigenvalue weighted by atomic mass is 35.5. The summed E-state index contributed by atoms with van der Waals surface area (Å²) in [7, 11) is 3.22. The highest BCUT2D eigenvalue weighted by Crippen LogP contribution is 2.41. The first-order valence-electron chi connectivity index (χ1n) is 17.7. The van der Waals surface area contributed by atoms with Crippen LogP contribution in [-0.2, 0) is 16.7 Å². The Morgan fingerprint density at radius 3 is 2.54 bits per heavy atom. The van der Waals surface area contributed by atoms with Crippen LogP contribution in [0.15, 0.2) is 54.6 Å². The van der Waals surface area contributed by atoms with Crippen LogP contribution in [-0.4, -0.2) is 98.5 Å². The Kier molecular flexibility index (Phi) is 11.8. The maximum absolute atomic E-state index is 14.1. The second kappa shape index (κ2) is 16.2. The zero-order chi connectivity index (χ0) is 35.3. The summed E-state index contributed by atoms with van der Waals surface area (Å²) in [5, 5.41) is 1.08. The number of aromatic nitrogens is 2. The molecule has 268 valence electrons. The Hall–Kier alpha value is -3.50. The molecule has 2 aliphatic heterocycles. The van der Waals surface area contributed by atoms with Crippen LogP contribution in [0.1, 0.15) is 54.1 Å². The number of benzene rings is 3. The van der Waals surface area contributed by atoms with E-state index in [1.807, 2.05) is 36.9 Å². The Balaban J connectivity index is 1.21. The van der Waals surface area contributed by atoms with Gasteiger partial charge in [0.2, 0.25) is 5.95 Å². The maximum Gasteiger partial charge on any atom is 0.254 e. The molecule has 1 unspecified atom stereocenters. The smallest absolute Gasteiger partial charge is 0.254 e. The summed E-state index contributed by atoms with van der Waals surface area (Å²) in [6.07, 6.45) is 3.79. The first kappa shape index (κ1) is 36.3. The molecule has 9 nitrogen and oxygen atoms in total. The number of ether oxygens (including phenoxy) is 3. The number of anilines is 1. The minimum Gasteiger partial charge on any atom is -0.493 e. The van der Waals surface area contributed by atoms with Gasteiger partial charge in [-0.25, -0.2) is 4.98 Å².